The molecular formula is C41H49N5O4. The van der Waals surface area contributed by atoms with E-state index in [2.05, 4.69) is 21.3 Å². The lowest BCUT2D eigenvalue weighted by atomic mass is 10.0. The van der Waals surface area contributed by atoms with Crippen LogP contribution < -0.4 is 27.0 Å². The van der Waals surface area contributed by atoms with E-state index < -0.39 is 29.9 Å². The first-order chi connectivity index (χ1) is 24.4. The van der Waals surface area contributed by atoms with Gasteiger partial charge in [-0.25, -0.2) is 0 Å². The molecular weight excluding hydrogens is 626 g/mol. The van der Waals surface area contributed by atoms with Crippen LogP contribution in [-0.4, -0.2) is 54.8 Å². The number of hydrogen-bond donors (Lipinski definition) is 5. The molecule has 0 aliphatic rings. The van der Waals surface area contributed by atoms with Gasteiger partial charge in [-0.2, -0.15) is 0 Å². The topological polar surface area (TPSA) is 142 Å². The third kappa shape index (κ3) is 12.3. The first-order valence-corrected chi connectivity index (χ1v) is 17.5. The summed E-state index contributed by atoms with van der Waals surface area (Å²) in [6.07, 6.45) is 2.85. The lowest BCUT2D eigenvalue weighted by Gasteiger charge is -2.25. The number of amides is 4. The molecule has 0 aliphatic carbocycles. The first-order valence-electron chi connectivity index (χ1n) is 17.5. The molecule has 0 unspecified atom stereocenters. The highest BCUT2D eigenvalue weighted by molar-refractivity contribution is 5.94. The predicted molar refractivity (Wildman–Crippen MR) is 198 cm³/mol. The minimum atomic E-state index is -0.941. The summed E-state index contributed by atoms with van der Waals surface area (Å²) in [6, 6.07) is 34.4. The van der Waals surface area contributed by atoms with Crippen LogP contribution in [0.5, 0.6) is 0 Å². The van der Waals surface area contributed by atoms with Crippen molar-refractivity contribution in [1.29, 1.82) is 0 Å². The van der Waals surface area contributed by atoms with Gasteiger partial charge in [-0.05, 0) is 60.0 Å². The number of nitrogens with two attached hydrogens (primary N) is 1. The van der Waals surface area contributed by atoms with Gasteiger partial charge in [0.1, 0.15) is 18.1 Å². The fourth-order valence-electron chi connectivity index (χ4n) is 5.73. The predicted octanol–water partition coefficient (Wildman–Crippen LogP) is 4.49. The van der Waals surface area contributed by atoms with E-state index in [-0.39, 0.29) is 31.1 Å². The summed E-state index contributed by atoms with van der Waals surface area (Å²) in [5.41, 5.74) is 10.7. The molecule has 6 N–H and O–H groups in total. The van der Waals surface area contributed by atoms with E-state index in [1.54, 1.807) is 0 Å². The molecule has 4 aromatic carbocycles. The van der Waals surface area contributed by atoms with Crippen molar-refractivity contribution >= 4 is 23.6 Å². The minimum absolute atomic E-state index is 0.111. The van der Waals surface area contributed by atoms with Crippen LogP contribution in [0.2, 0.25) is 0 Å². The number of benzene rings is 4. The Balaban J connectivity index is 1.39. The highest BCUT2D eigenvalue weighted by Gasteiger charge is 2.29. The second-order valence-electron chi connectivity index (χ2n) is 12.4. The molecule has 0 saturated heterocycles. The highest BCUT2D eigenvalue weighted by atomic mass is 16.2. The second kappa shape index (κ2) is 20.3. The standard InChI is InChI=1S/C41H49N5O4/c1-2-13-35(44-38(47)29-32-21-23-34(24-22-32)33-18-10-5-11-19-33)40(49)45-36(20-12-26-42)41(50)46-37(28-31-16-8-4-9-17-31)39(48)43-27-25-30-14-6-3-7-15-30/h3-11,14-19,21-24,35-37H,2,12-13,20,25-29,42H2,1H3,(H,43,48)(H,44,47)(H,45,49)(H,46,50)/t35-,36+,37-/m0/s1. The Morgan fingerprint density at radius 3 is 1.72 bits per heavy atom. The van der Waals surface area contributed by atoms with E-state index in [1.165, 1.54) is 0 Å². The molecule has 0 aromatic heterocycles. The van der Waals surface area contributed by atoms with Gasteiger partial charge in [0, 0.05) is 13.0 Å². The molecule has 4 aromatic rings. The molecule has 262 valence electrons. The summed E-state index contributed by atoms with van der Waals surface area (Å²) in [6.45, 7) is 2.66. The lowest BCUT2D eigenvalue weighted by molar-refractivity contribution is -0.133. The molecule has 0 bridgehead atoms. The summed E-state index contributed by atoms with van der Waals surface area (Å²) in [5, 5.41) is 11.6. The van der Waals surface area contributed by atoms with Crippen molar-refractivity contribution in [3.05, 3.63) is 132 Å². The van der Waals surface area contributed by atoms with Crippen LogP contribution in [0, 0.1) is 0 Å². The van der Waals surface area contributed by atoms with E-state index in [1.807, 2.05) is 122 Å². The Kier molecular flexibility index (Phi) is 15.2. The zero-order valence-corrected chi connectivity index (χ0v) is 28.8. The monoisotopic (exact) mass is 675 g/mol. The highest BCUT2D eigenvalue weighted by Crippen LogP contribution is 2.19. The fourth-order valence-corrected chi connectivity index (χ4v) is 5.73. The third-order valence-electron chi connectivity index (χ3n) is 8.46. The lowest BCUT2D eigenvalue weighted by Crippen LogP contribution is -2.57. The number of rotatable bonds is 19. The molecule has 4 amide bonds. The van der Waals surface area contributed by atoms with E-state index in [0.717, 1.165) is 27.8 Å². The number of hydrogen-bond acceptors (Lipinski definition) is 5. The first kappa shape index (κ1) is 37.5. The quantitative estimate of drug-likeness (QED) is 0.0996. The average Bonchev–Trinajstić information content (AvgIpc) is 3.14. The van der Waals surface area contributed by atoms with Crippen molar-refractivity contribution in [3.8, 4) is 11.1 Å². The maximum Gasteiger partial charge on any atom is 0.243 e. The van der Waals surface area contributed by atoms with Crippen molar-refractivity contribution in [1.82, 2.24) is 21.3 Å². The molecule has 0 radical (unpaired) electrons. The van der Waals surface area contributed by atoms with Crippen LogP contribution in [0.25, 0.3) is 11.1 Å². The van der Waals surface area contributed by atoms with Crippen molar-refractivity contribution in [3.63, 3.8) is 0 Å². The largest absolute Gasteiger partial charge is 0.354 e. The Bertz CT molecular complexity index is 1630. The maximum atomic E-state index is 13.7. The van der Waals surface area contributed by atoms with Gasteiger partial charge in [-0.3, -0.25) is 19.2 Å². The Morgan fingerprint density at radius 1 is 0.580 bits per heavy atom. The molecule has 50 heavy (non-hydrogen) atoms. The zero-order chi connectivity index (χ0) is 35.6. The van der Waals surface area contributed by atoms with Crippen molar-refractivity contribution in [2.24, 2.45) is 5.73 Å². The second-order valence-corrected chi connectivity index (χ2v) is 12.4. The van der Waals surface area contributed by atoms with Gasteiger partial charge in [0.2, 0.25) is 23.6 Å². The fraction of sp³-hybridized carbons (Fsp3) is 0.317. The molecule has 0 aliphatic heterocycles. The van der Waals surface area contributed by atoms with Crippen LogP contribution in [0.3, 0.4) is 0 Å². The Labute approximate surface area is 295 Å². The smallest absolute Gasteiger partial charge is 0.243 e. The summed E-state index contributed by atoms with van der Waals surface area (Å²) < 4.78 is 0. The molecule has 0 saturated carbocycles. The number of carbonyl (C=O) groups is 4. The molecule has 4 rings (SSSR count). The van der Waals surface area contributed by atoms with Crippen LogP contribution in [-0.2, 0) is 38.4 Å². The van der Waals surface area contributed by atoms with Crippen LogP contribution in [0.1, 0.15) is 49.3 Å². The Hall–Kier alpha value is -5.28. The molecule has 0 spiro atoms. The van der Waals surface area contributed by atoms with Crippen molar-refractivity contribution in [2.75, 3.05) is 13.1 Å². The SMILES string of the molecule is CCC[C@H](NC(=O)Cc1ccc(-c2ccccc2)cc1)C(=O)N[C@H](CCCN)C(=O)N[C@@H](Cc1ccccc1)C(=O)NCCc1ccccc1. The zero-order valence-electron chi connectivity index (χ0n) is 28.8. The Morgan fingerprint density at radius 2 is 1.12 bits per heavy atom. The van der Waals surface area contributed by atoms with Gasteiger partial charge in [0.25, 0.3) is 0 Å². The van der Waals surface area contributed by atoms with E-state index in [4.69, 9.17) is 5.73 Å². The average molecular weight is 676 g/mol. The van der Waals surface area contributed by atoms with Crippen LogP contribution in [0.4, 0.5) is 0 Å². The summed E-state index contributed by atoms with van der Waals surface area (Å²) >= 11 is 0. The van der Waals surface area contributed by atoms with Gasteiger partial charge in [-0.1, -0.05) is 129 Å². The van der Waals surface area contributed by atoms with Crippen LogP contribution >= 0.6 is 0 Å². The minimum Gasteiger partial charge on any atom is -0.354 e. The van der Waals surface area contributed by atoms with Crippen LogP contribution in [0.15, 0.2) is 115 Å². The summed E-state index contributed by atoms with van der Waals surface area (Å²) in [4.78, 5) is 53.8. The van der Waals surface area contributed by atoms with Gasteiger partial charge in [-0.15, -0.1) is 0 Å². The molecule has 9 nitrogen and oxygen atoms in total. The summed E-state index contributed by atoms with van der Waals surface area (Å²) in [7, 11) is 0. The molecule has 3 atom stereocenters. The molecule has 0 fully saturated rings. The third-order valence-corrected chi connectivity index (χ3v) is 8.46. The van der Waals surface area contributed by atoms with E-state index in [0.29, 0.717) is 38.8 Å². The van der Waals surface area contributed by atoms with Gasteiger partial charge >= 0.3 is 0 Å². The molecule has 0 heterocycles. The van der Waals surface area contributed by atoms with E-state index >= 15 is 0 Å². The normalized spacial score (nSPS) is 12.6. The van der Waals surface area contributed by atoms with Crippen molar-refractivity contribution < 1.29 is 19.2 Å². The van der Waals surface area contributed by atoms with Gasteiger partial charge < -0.3 is 27.0 Å². The number of nitrogens with one attached hydrogen (secondary N) is 4. The molecule has 9 heteroatoms. The summed E-state index contributed by atoms with van der Waals surface area (Å²) in [5.74, 6) is -1.53. The van der Waals surface area contributed by atoms with Gasteiger partial charge in [0.05, 0.1) is 6.42 Å². The van der Waals surface area contributed by atoms with Gasteiger partial charge in [0.15, 0.2) is 0 Å². The van der Waals surface area contributed by atoms with Crippen molar-refractivity contribution in [2.45, 2.75) is 70.0 Å². The number of carbonyl (C=O) groups excluding carboxylic acids is 4. The maximum absolute atomic E-state index is 13.7. The van der Waals surface area contributed by atoms with E-state index in [9.17, 15) is 19.2 Å².